The zero-order valence-electron chi connectivity index (χ0n) is 9.37. The summed E-state index contributed by atoms with van der Waals surface area (Å²) in [5, 5.41) is 7.66. The van der Waals surface area contributed by atoms with E-state index in [9.17, 15) is 21.6 Å². The van der Waals surface area contributed by atoms with E-state index in [4.69, 9.17) is 5.14 Å². The molecule has 0 unspecified atom stereocenters. The summed E-state index contributed by atoms with van der Waals surface area (Å²) in [6.45, 7) is 0.161. The van der Waals surface area contributed by atoms with Gasteiger partial charge in [-0.15, -0.1) is 0 Å². The molecule has 0 heterocycles. The summed E-state index contributed by atoms with van der Waals surface area (Å²) >= 11 is 0. The first-order chi connectivity index (χ1) is 8.18. The third-order valence-corrected chi connectivity index (χ3v) is 3.08. The largest absolute Gasteiger partial charge is 0.389 e. The monoisotopic (exact) mass is 282 g/mol. The second-order valence-electron chi connectivity index (χ2n) is 3.71. The average molecular weight is 282 g/mol. The molecule has 4 nitrogen and oxygen atoms in total. The van der Waals surface area contributed by atoms with Crippen LogP contribution in [0.5, 0.6) is 0 Å². The predicted octanol–water partition coefficient (Wildman–Crippen LogP) is 2.09. The van der Waals surface area contributed by atoms with Crippen LogP contribution in [-0.4, -0.2) is 21.1 Å². The normalized spacial score (nSPS) is 12.4. The van der Waals surface area contributed by atoms with Crippen LogP contribution in [0.2, 0.25) is 0 Å². The van der Waals surface area contributed by atoms with Crippen LogP contribution in [-0.2, 0) is 10.0 Å². The smallest absolute Gasteiger partial charge is 0.385 e. The van der Waals surface area contributed by atoms with Crippen molar-refractivity contribution in [3.05, 3.63) is 24.3 Å². The molecule has 0 aliphatic carbocycles. The second-order valence-corrected chi connectivity index (χ2v) is 5.28. The molecule has 102 valence electrons. The Morgan fingerprint density at radius 1 is 1.17 bits per heavy atom. The van der Waals surface area contributed by atoms with Gasteiger partial charge in [0.05, 0.1) is 4.90 Å². The summed E-state index contributed by atoms with van der Waals surface area (Å²) in [5.41, 5.74) is 0.546. The van der Waals surface area contributed by atoms with Gasteiger partial charge in [0.25, 0.3) is 0 Å². The highest BCUT2D eigenvalue weighted by Crippen LogP contribution is 2.21. The van der Waals surface area contributed by atoms with Gasteiger partial charge in [0, 0.05) is 18.7 Å². The van der Waals surface area contributed by atoms with Crippen LogP contribution < -0.4 is 10.5 Å². The number of benzene rings is 1. The molecule has 0 aromatic heterocycles. The minimum atomic E-state index is -4.15. The van der Waals surface area contributed by atoms with Crippen molar-refractivity contribution < 1.29 is 21.6 Å². The molecule has 0 saturated heterocycles. The highest BCUT2D eigenvalue weighted by atomic mass is 32.2. The van der Waals surface area contributed by atoms with E-state index in [1.807, 2.05) is 0 Å². The summed E-state index contributed by atoms with van der Waals surface area (Å²) in [4.78, 5) is -0.0386. The first kappa shape index (κ1) is 14.8. The minimum absolute atomic E-state index is 0.0386. The molecule has 0 amide bonds. The third-order valence-electron chi connectivity index (χ3n) is 2.15. The van der Waals surface area contributed by atoms with Crippen LogP contribution in [0.1, 0.15) is 12.8 Å². The highest BCUT2D eigenvalue weighted by Gasteiger charge is 2.25. The van der Waals surface area contributed by atoms with Gasteiger partial charge in [-0.2, -0.15) is 13.2 Å². The van der Waals surface area contributed by atoms with E-state index in [0.29, 0.717) is 5.69 Å². The van der Waals surface area contributed by atoms with Gasteiger partial charge in [0.2, 0.25) is 10.0 Å². The van der Waals surface area contributed by atoms with Crippen molar-refractivity contribution >= 4 is 15.7 Å². The van der Waals surface area contributed by atoms with E-state index >= 15 is 0 Å². The average Bonchev–Trinajstić information content (AvgIpc) is 2.22. The number of alkyl halides is 3. The first-order valence-corrected chi connectivity index (χ1v) is 6.66. The van der Waals surface area contributed by atoms with Crippen LogP contribution in [0.25, 0.3) is 0 Å². The summed E-state index contributed by atoms with van der Waals surface area (Å²) in [6, 6.07) is 5.49. The van der Waals surface area contributed by atoms with Crippen LogP contribution in [0, 0.1) is 0 Å². The molecular weight excluding hydrogens is 269 g/mol. The number of anilines is 1. The van der Waals surface area contributed by atoms with Crippen molar-refractivity contribution in [3.63, 3.8) is 0 Å². The quantitative estimate of drug-likeness (QED) is 0.812. The maximum atomic E-state index is 11.9. The maximum Gasteiger partial charge on any atom is 0.389 e. The van der Waals surface area contributed by atoms with Crippen LogP contribution in [0.15, 0.2) is 29.2 Å². The molecule has 1 aromatic carbocycles. The molecule has 1 rings (SSSR count). The molecule has 0 bridgehead atoms. The van der Waals surface area contributed by atoms with Crippen LogP contribution in [0.4, 0.5) is 18.9 Å². The lowest BCUT2D eigenvalue weighted by atomic mass is 10.3. The molecule has 0 saturated carbocycles. The van der Waals surface area contributed by atoms with E-state index in [1.165, 1.54) is 24.3 Å². The molecule has 0 aliphatic heterocycles. The van der Waals surface area contributed by atoms with E-state index in [1.54, 1.807) is 0 Å². The van der Waals surface area contributed by atoms with Crippen molar-refractivity contribution in [2.45, 2.75) is 23.9 Å². The molecule has 8 heteroatoms. The molecule has 0 atom stereocenters. The van der Waals surface area contributed by atoms with Gasteiger partial charge in [0.1, 0.15) is 0 Å². The van der Waals surface area contributed by atoms with Gasteiger partial charge in [0.15, 0.2) is 0 Å². The van der Waals surface area contributed by atoms with Gasteiger partial charge >= 0.3 is 6.18 Å². The molecule has 0 spiro atoms. The summed E-state index contributed by atoms with van der Waals surface area (Å²) in [7, 11) is -3.74. The lowest BCUT2D eigenvalue weighted by Gasteiger charge is -2.08. The van der Waals surface area contributed by atoms with Crippen LogP contribution >= 0.6 is 0 Å². The molecule has 3 N–H and O–H groups in total. The molecule has 18 heavy (non-hydrogen) atoms. The summed E-state index contributed by atoms with van der Waals surface area (Å²) < 4.78 is 57.5. The Bertz CT molecular complexity index is 483. The number of sulfonamides is 1. The Morgan fingerprint density at radius 2 is 1.72 bits per heavy atom. The Labute approximate surface area is 103 Å². The van der Waals surface area contributed by atoms with Gasteiger partial charge in [-0.25, -0.2) is 13.6 Å². The topological polar surface area (TPSA) is 72.2 Å². The van der Waals surface area contributed by atoms with Crippen molar-refractivity contribution in [2.75, 3.05) is 11.9 Å². The SMILES string of the molecule is NS(=O)(=O)c1ccc(NCCCC(F)(F)F)cc1. The summed E-state index contributed by atoms with van der Waals surface area (Å²) in [5.74, 6) is 0. The molecule has 1 aromatic rings. The number of hydrogen-bond donors (Lipinski definition) is 2. The van der Waals surface area contributed by atoms with E-state index in [-0.39, 0.29) is 17.9 Å². The standard InChI is InChI=1S/C10H13F3N2O2S/c11-10(12,13)6-1-7-15-8-2-4-9(5-3-8)18(14,16)17/h2-5,15H,1,6-7H2,(H2,14,16,17). The highest BCUT2D eigenvalue weighted by molar-refractivity contribution is 7.89. The van der Waals surface area contributed by atoms with Crippen molar-refractivity contribution in [1.82, 2.24) is 0 Å². The Kier molecular flexibility index (Phi) is 4.58. The maximum absolute atomic E-state index is 11.9. The van der Waals surface area contributed by atoms with Crippen molar-refractivity contribution in [3.8, 4) is 0 Å². The van der Waals surface area contributed by atoms with Gasteiger partial charge < -0.3 is 5.32 Å². The lowest BCUT2D eigenvalue weighted by molar-refractivity contribution is -0.134. The fourth-order valence-corrected chi connectivity index (χ4v) is 1.80. The Morgan fingerprint density at radius 3 is 2.17 bits per heavy atom. The van der Waals surface area contributed by atoms with E-state index in [2.05, 4.69) is 5.32 Å². The number of nitrogens with two attached hydrogens (primary N) is 1. The van der Waals surface area contributed by atoms with E-state index < -0.39 is 22.6 Å². The molecular formula is C10H13F3N2O2S. The lowest BCUT2D eigenvalue weighted by Crippen LogP contribution is -2.12. The van der Waals surface area contributed by atoms with Crippen molar-refractivity contribution in [2.24, 2.45) is 5.14 Å². The molecule has 0 fully saturated rings. The third kappa shape index (κ3) is 5.37. The van der Waals surface area contributed by atoms with E-state index in [0.717, 1.165) is 0 Å². The van der Waals surface area contributed by atoms with Gasteiger partial charge in [-0.05, 0) is 30.7 Å². The fourth-order valence-electron chi connectivity index (χ4n) is 1.28. The predicted molar refractivity (Wildman–Crippen MR) is 61.6 cm³/mol. The number of primary sulfonamides is 1. The fraction of sp³-hybridized carbons (Fsp3) is 0.400. The second kappa shape index (κ2) is 5.57. The molecule has 0 aliphatic rings. The Hall–Kier alpha value is -1.28. The Balaban J connectivity index is 2.45. The summed E-state index contributed by atoms with van der Waals surface area (Å²) in [6.07, 6.45) is -5.05. The van der Waals surface area contributed by atoms with Gasteiger partial charge in [-0.1, -0.05) is 0 Å². The van der Waals surface area contributed by atoms with Crippen molar-refractivity contribution in [1.29, 1.82) is 0 Å². The number of rotatable bonds is 5. The number of hydrogen-bond acceptors (Lipinski definition) is 3. The first-order valence-electron chi connectivity index (χ1n) is 5.12. The molecule has 0 radical (unpaired) electrons. The minimum Gasteiger partial charge on any atom is -0.385 e. The zero-order chi connectivity index (χ0) is 13.8. The van der Waals surface area contributed by atoms with Crippen LogP contribution in [0.3, 0.4) is 0 Å². The zero-order valence-corrected chi connectivity index (χ0v) is 10.2. The number of halogens is 3. The van der Waals surface area contributed by atoms with Gasteiger partial charge in [-0.3, -0.25) is 0 Å². The number of nitrogens with one attached hydrogen (secondary N) is 1.